The van der Waals surface area contributed by atoms with Gasteiger partial charge < -0.3 is 10.4 Å². The van der Waals surface area contributed by atoms with Crippen LogP contribution in [-0.2, 0) is 6.54 Å². The fourth-order valence-electron chi connectivity index (χ4n) is 2.53. The van der Waals surface area contributed by atoms with Gasteiger partial charge in [-0.2, -0.15) is 0 Å². The molecule has 4 heteroatoms. The second-order valence-corrected chi connectivity index (χ2v) is 4.85. The lowest BCUT2D eigenvalue weighted by molar-refractivity contribution is 0.166. The molecule has 1 fully saturated rings. The summed E-state index contributed by atoms with van der Waals surface area (Å²) in [5.41, 5.74) is 0.915. The van der Waals surface area contributed by atoms with E-state index < -0.39 is 5.82 Å². The summed E-state index contributed by atoms with van der Waals surface area (Å²) in [6.07, 6.45) is 2.40. The molecule has 100 valence electrons. The lowest BCUT2D eigenvalue weighted by Crippen LogP contribution is -2.45. The fourth-order valence-corrected chi connectivity index (χ4v) is 2.53. The largest absolute Gasteiger partial charge is 0.505 e. The Morgan fingerprint density at radius 3 is 2.94 bits per heavy atom. The van der Waals surface area contributed by atoms with Crippen LogP contribution in [0.1, 0.15) is 25.3 Å². The standard InChI is InChI=1S/C14H21FN2O/c1-2-17(12-4-3-7-16-9-12)10-11-5-6-14(18)13(15)8-11/h5-6,8,12,16,18H,2-4,7,9-10H2,1H3. The third-order valence-electron chi connectivity index (χ3n) is 3.59. The first kappa shape index (κ1) is 13.3. The van der Waals surface area contributed by atoms with Crippen molar-refractivity contribution in [2.75, 3.05) is 19.6 Å². The van der Waals surface area contributed by atoms with Gasteiger partial charge in [0.25, 0.3) is 0 Å². The number of aromatic hydroxyl groups is 1. The molecule has 2 N–H and O–H groups in total. The number of likely N-dealkylation sites (N-methyl/N-ethyl adjacent to an activating group) is 1. The Bertz CT molecular complexity index is 391. The number of piperidine rings is 1. The first-order chi connectivity index (χ1) is 8.70. The normalized spacial score (nSPS) is 20.3. The van der Waals surface area contributed by atoms with Crippen molar-refractivity contribution in [1.82, 2.24) is 10.2 Å². The van der Waals surface area contributed by atoms with Gasteiger partial charge in [0.2, 0.25) is 0 Å². The van der Waals surface area contributed by atoms with Gasteiger partial charge in [-0.1, -0.05) is 13.0 Å². The van der Waals surface area contributed by atoms with Gasteiger partial charge in [0, 0.05) is 19.1 Å². The van der Waals surface area contributed by atoms with Crippen molar-refractivity contribution in [3.8, 4) is 5.75 Å². The summed E-state index contributed by atoms with van der Waals surface area (Å²) < 4.78 is 13.3. The van der Waals surface area contributed by atoms with Gasteiger partial charge in [-0.05, 0) is 43.6 Å². The molecule has 2 rings (SSSR count). The van der Waals surface area contributed by atoms with Crippen molar-refractivity contribution in [1.29, 1.82) is 0 Å². The summed E-state index contributed by atoms with van der Waals surface area (Å²) in [7, 11) is 0. The Kier molecular flexibility index (Phi) is 4.55. The molecule has 1 unspecified atom stereocenters. The molecule has 18 heavy (non-hydrogen) atoms. The zero-order valence-corrected chi connectivity index (χ0v) is 10.8. The number of nitrogens with zero attached hydrogens (tertiary/aromatic N) is 1. The lowest BCUT2D eigenvalue weighted by atomic mass is 10.0. The second-order valence-electron chi connectivity index (χ2n) is 4.85. The van der Waals surface area contributed by atoms with E-state index in [2.05, 4.69) is 17.1 Å². The van der Waals surface area contributed by atoms with Crippen molar-refractivity contribution in [3.63, 3.8) is 0 Å². The highest BCUT2D eigenvalue weighted by Gasteiger charge is 2.19. The molecule has 0 spiro atoms. The van der Waals surface area contributed by atoms with Crippen LogP contribution < -0.4 is 5.32 Å². The van der Waals surface area contributed by atoms with Crippen LogP contribution in [0.2, 0.25) is 0 Å². The summed E-state index contributed by atoms with van der Waals surface area (Å²) in [6.45, 7) is 5.93. The van der Waals surface area contributed by atoms with Gasteiger partial charge in [-0.3, -0.25) is 4.90 Å². The summed E-state index contributed by atoms with van der Waals surface area (Å²) in [6, 6.07) is 5.17. The van der Waals surface area contributed by atoms with E-state index in [9.17, 15) is 9.50 Å². The average molecular weight is 252 g/mol. The van der Waals surface area contributed by atoms with E-state index >= 15 is 0 Å². The summed E-state index contributed by atoms with van der Waals surface area (Å²) >= 11 is 0. The average Bonchev–Trinajstić information content (AvgIpc) is 2.41. The Morgan fingerprint density at radius 1 is 1.50 bits per heavy atom. The van der Waals surface area contributed by atoms with Crippen molar-refractivity contribution in [3.05, 3.63) is 29.6 Å². The molecule has 0 bridgehead atoms. The molecular weight excluding hydrogens is 231 g/mol. The number of hydrogen-bond acceptors (Lipinski definition) is 3. The van der Waals surface area contributed by atoms with E-state index in [4.69, 9.17) is 0 Å². The molecule has 0 radical (unpaired) electrons. The van der Waals surface area contributed by atoms with Crippen LogP contribution in [0.3, 0.4) is 0 Å². The van der Waals surface area contributed by atoms with E-state index in [1.807, 2.05) is 0 Å². The summed E-state index contributed by atoms with van der Waals surface area (Å²) in [5.74, 6) is -0.813. The number of phenolic OH excluding ortho intramolecular Hbond substituents is 1. The Balaban J connectivity index is 2.02. The van der Waals surface area contributed by atoms with E-state index in [1.165, 1.54) is 25.0 Å². The molecule has 0 amide bonds. The van der Waals surface area contributed by atoms with Crippen molar-refractivity contribution in [2.45, 2.75) is 32.4 Å². The van der Waals surface area contributed by atoms with E-state index in [-0.39, 0.29) is 5.75 Å². The molecule has 1 aromatic rings. The molecule has 1 heterocycles. The summed E-state index contributed by atoms with van der Waals surface area (Å²) in [4.78, 5) is 2.36. The van der Waals surface area contributed by atoms with E-state index in [0.29, 0.717) is 6.04 Å². The number of nitrogens with one attached hydrogen (secondary N) is 1. The molecule has 0 saturated carbocycles. The Hall–Kier alpha value is -1.13. The van der Waals surface area contributed by atoms with Gasteiger partial charge in [0.15, 0.2) is 11.6 Å². The zero-order valence-electron chi connectivity index (χ0n) is 10.8. The maximum atomic E-state index is 13.3. The number of rotatable bonds is 4. The van der Waals surface area contributed by atoms with E-state index in [1.54, 1.807) is 6.07 Å². The first-order valence-corrected chi connectivity index (χ1v) is 6.63. The predicted molar refractivity (Wildman–Crippen MR) is 70.0 cm³/mol. The van der Waals surface area contributed by atoms with Gasteiger partial charge >= 0.3 is 0 Å². The van der Waals surface area contributed by atoms with Crippen molar-refractivity contribution in [2.24, 2.45) is 0 Å². The van der Waals surface area contributed by atoms with Crippen molar-refractivity contribution < 1.29 is 9.50 Å². The van der Waals surface area contributed by atoms with Crippen LogP contribution in [0.4, 0.5) is 4.39 Å². The van der Waals surface area contributed by atoms with Crippen LogP contribution in [0, 0.1) is 5.82 Å². The molecule has 1 aliphatic rings. The topological polar surface area (TPSA) is 35.5 Å². The summed E-state index contributed by atoms with van der Waals surface area (Å²) in [5, 5.41) is 12.6. The first-order valence-electron chi connectivity index (χ1n) is 6.63. The smallest absolute Gasteiger partial charge is 0.165 e. The highest BCUT2D eigenvalue weighted by atomic mass is 19.1. The van der Waals surface area contributed by atoms with Gasteiger partial charge in [-0.25, -0.2) is 4.39 Å². The maximum absolute atomic E-state index is 13.3. The minimum Gasteiger partial charge on any atom is -0.505 e. The molecule has 1 atom stereocenters. The van der Waals surface area contributed by atoms with Crippen molar-refractivity contribution >= 4 is 0 Å². The number of phenols is 1. The lowest BCUT2D eigenvalue weighted by Gasteiger charge is -2.34. The zero-order chi connectivity index (χ0) is 13.0. The molecule has 3 nitrogen and oxygen atoms in total. The highest BCUT2D eigenvalue weighted by molar-refractivity contribution is 5.28. The Morgan fingerprint density at radius 2 is 2.33 bits per heavy atom. The van der Waals surface area contributed by atoms with Gasteiger partial charge in [0.05, 0.1) is 0 Å². The van der Waals surface area contributed by atoms with E-state index in [0.717, 1.165) is 31.7 Å². The number of hydrogen-bond donors (Lipinski definition) is 2. The minimum absolute atomic E-state index is 0.277. The number of halogens is 1. The van der Waals surface area contributed by atoms with Crippen LogP contribution in [0.5, 0.6) is 5.75 Å². The SMILES string of the molecule is CCN(Cc1ccc(O)c(F)c1)C1CCCNC1. The molecule has 1 aliphatic heterocycles. The number of benzene rings is 1. The molecule has 1 saturated heterocycles. The predicted octanol–water partition coefficient (Wildman–Crippen LogP) is 2.11. The monoisotopic (exact) mass is 252 g/mol. The van der Waals surface area contributed by atoms with Crippen LogP contribution >= 0.6 is 0 Å². The minimum atomic E-state index is -0.537. The third-order valence-corrected chi connectivity index (χ3v) is 3.59. The van der Waals surface area contributed by atoms with Crippen LogP contribution in [0.25, 0.3) is 0 Å². The molecule has 0 aliphatic carbocycles. The fraction of sp³-hybridized carbons (Fsp3) is 0.571. The Labute approximate surface area is 108 Å². The third kappa shape index (κ3) is 3.21. The quantitative estimate of drug-likeness (QED) is 0.861. The molecular formula is C14H21FN2O. The molecule has 0 aromatic heterocycles. The maximum Gasteiger partial charge on any atom is 0.165 e. The van der Waals surface area contributed by atoms with Crippen LogP contribution in [0.15, 0.2) is 18.2 Å². The van der Waals surface area contributed by atoms with Crippen LogP contribution in [-0.4, -0.2) is 35.7 Å². The molecule has 1 aromatic carbocycles. The second kappa shape index (κ2) is 6.16. The van der Waals surface area contributed by atoms with Gasteiger partial charge in [0.1, 0.15) is 0 Å². The highest BCUT2D eigenvalue weighted by Crippen LogP contribution is 2.19. The van der Waals surface area contributed by atoms with Gasteiger partial charge in [-0.15, -0.1) is 0 Å².